The maximum absolute atomic E-state index is 13.2. The number of aryl methyl sites for hydroxylation is 1. The van der Waals surface area contributed by atoms with Crippen molar-refractivity contribution in [3.05, 3.63) is 32.6 Å². The summed E-state index contributed by atoms with van der Waals surface area (Å²) in [7, 11) is 0. The van der Waals surface area contributed by atoms with Crippen LogP contribution in [0.4, 0.5) is 0 Å². The highest BCUT2D eigenvalue weighted by Crippen LogP contribution is 2.33. The molecule has 1 aromatic heterocycles. The molecule has 3 fully saturated rings. The second-order valence-corrected chi connectivity index (χ2v) is 9.35. The second-order valence-electron chi connectivity index (χ2n) is 9.35. The summed E-state index contributed by atoms with van der Waals surface area (Å²) in [5.41, 5.74) is -0.256. The third kappa shape index (κ3) is 6.35. The first-order valence-corrected chi connectivity index (χ1v) is 12.7. The minimum absolute atomic E-state index is 0.0230. The third-order valence-corrected chi connectivity index (χ3v) is 6.70. The van der Waals surface area contributed by atoms with Gasteiger partial charge in [0.2, 0.25) is 0 Å². The van der Waals surface area contributed by atoms with Crippen LogP contribution in [0.5, 0.6) is 0 Å². The molecule has 0 bridgehead atoms. The zero-order chi connectivity index (χ0) is 23.9. The lowest BCUT2D eigenvalue weighted by molar-refractivity contribution is -0.216. The van der Waals surface area contributed by atoms with E-state index in [2.05, 4.69) is 0 Å². The van der Waals surface area contributed by atoms with Crippen molar-refractivity contribution < 1.29 is 28.8 Å². The van der Waals surface area contributed by atoms with Crippen molar-refractivity contribution in [1.82, 2.24) is 9.13 Å². The standard InChI is InChI=1S/C24H38N2O8/c1-17-15-26(24(29)25(23(17)28)10-4-5-11-27)20-14-18(34-22-9-3-7-13-31-22)19(33-20)16-32-21-8-2-6-12-30-21/h15,18-22,27H,2-14,16H2,1H3/t18-,19+,20+,21?,22?/m0/s1. The lowest BCUT2D eigenvalue weighted by Crippen LogP contribution is -2.42. The molecular weight excluding hydrogens is 444 g/mol. The molecule has 3 saturated heterocycles. The lowest BCUT2D eigenvalue weighted by atomic mass is 10.1. The Kier molecular flexibility index (Phi) is 9.32. The molecule has 3 aliphatic rings. The highest BCUT2D eigenvalue weighted by atomic mass is 16.7. The van der Waals surface area contributed by atoms with Gasteiger partial charge in [-0.05, 0) is 58.3 Å². The van der Waals surface area contributed by atoms with Crippen molar-refractivity contribution in [2.45, 2.75) is 102 Å². The summed E-state index contributed by atoms with van der Waals surface area (Å²) in [6, 6.07) is 0. The number of aromatic nitrogens is 2. The Bertz CT molecular complexity index is 888. The van der Waals surface area contributed by atoms with Gasteiger partial charge in [0.05, 0.1) is 12.7 Å². The molecule has 0 amide bonds. The Balaban J connectivity index is 1.50. The van der Waals surface area contributed by atoms with E-state index in [1.807, 2.05) is 0 Å². The molecule has 0 aromatic carbocycles. The first-order chi connectivity index (χ1) is 16.6. The van der Waals surface area contributed by atoms with Gasteiger partial charge in [-0.1, -0.05) is 0 Å². The number of unbranched alkanes of at least 4 members (excludes halogenated alkanes) is 1. The predicted octanol–water partition coefficient (Wildman–Crippen LogP) is 1.83. The molecule has 10 nitrogen and oxygen atoms in total. The predicted molar refractivity (Wildman–Crippen MR) is 123 cm³/mol. The molecule has 4 rings (SSSR count). The number of nitrogens with zero attached hydrogens (tertiary/aromatic N) is 2. The van der Waals surface area contributed by atoms with Crippen LogP contribution < -0.4 is 11.2 Å². The van der Waals surface area contributed by atoms with Crippen molar-refractivity contribution in [2.24, 2.45) is 0 Å². The van der Waals surface area contributed by atoms with E-state index in [9.17, 15) is 9.59 Å². The maximum atomic E-state index is 13.2. The molecular formula is C24H38N2O8. The summed E-state index contributed by atoms with van der Waals surface area (Å²) < 4.78 is 32.8. The Morgan fingerprint density at radius 2 is 1.79 bits per heavy atom. The van der Waals surface area contributed by atoms with E-state index in [4.69, 9.17) is 28.8 Å². The first-order valence-electron chi connectivity index (χ1n) is 12.7. The average molecular weight is 483 g/mol. The van der Waals surface area contributed by atoms with Gasteiger partial charge in [0.15, 0.2) is 12.6 Å². The van der Waals surface area contributed by atoms with Crippen LogP contribution >= 0.6 is 0 Å². The van der Waals surface area contributed by atoms with Crippen LogP contribution in [-0.4, -0.2) is 65.5 Å². The zero-order valence-corrected chi connectivity index (χ0v) is 20.1. The first kappa shape index (κ1) is 25.5. The van der Waals surface area contributed by atoms with Crippen LogP contribution in [0.2, 0.25) is 0 Å². The molecule has 1 N–H and O–H groups in total. The average Bonchev–Trinajstić information content (AvgIpc) is 3.25. The van der Waals surface area contributed by atoms with Gasteiger partial charge in [0.1, 0.15) is 12.3 Å². The number of hydrogen-bond donors (Lipinski definition) is 1. The van der Waals surface area contributed by atoms with E-state index in [-0.39, 0.29) is 43.5 Å². The summed E-state index contributed by atoms with van der Waals surface area (Å²) in [5.74, 6) is 0. The van der Waals surface area contributed by atoms with Crippen molar-refractivity contribution >= 4 is 0 Å². The van der Waals surface area contributed by atoms with Gasteiger partial charge in [-0.3, -0.25) is 13.9 Å². The smallest absolute Gasteiger partial charge is 0.333 e. The van der Waals surface area contributed by atoms with Crippen LogP contribution in [-0.2, 0) is 30.2 Å². The summed E-state index contributed by atoms with van der Waals surface area (Å²) in [6.07, 6.45) is 7.16. The molecule has 5 atom stereocenters. The fourth-order valence-corrected chi connectivity index (χ4v) is 4.77. The molecule has 3 aliphatic heterocycles. The molecule has 0 aliphatic carbocycles. The summed E-state index contributed by atoms with van der Waals surface area (Å²) in [4.78, 5) is 25.8. The largest absolute Gasteiger partial charge is 0.396 e. The van der Waals surface area contributed by atoms with Crippen LogP contribution in [0.1, 0.15) is 69.6 Å². The van der Waals surface area contributed by atoms with Gasteiger partial charge in [-0.25, -0.2) is 4.79 Å². The van der Waals surface area contributed by atoms with Crippen molar-refractivity contribution in [3.8, 4) is 0 Å². The molecule has 0 radical (unpaired) electrons. The highest BCUT2D eigenvalue weighted by molar-refractivity contribution is 5.04. The summed E-state index contributed by atoms with van der Waals surface area (Å²) in [5, 5.41) is 9.07. The van der Waals surface area contributed by atoms with Gasteiger partial charge in [-0.15, -0.1) is 0 Å². The normalized spacial score (nSPS) is 30.0. The topological polar surface area (TPSA) is 110 Å². The molecule has 10 heteroatoms. The quantitative estimate of drug-likeness (QED) is 0.503. The molecule has 2 unspecified atom stereocenters. The van der Waals surface area contributed by atoms with Gasteiger partial charge in [0, 0.05) is 44.5 Å². The second kappa shape index (κ2) is 12.4. The number of aliphatic hydroxyl groups excluding tert-OH is 1. The molecule has 34 heavy (non-hydrogen) atoms. The molecule has 1 aromatic rings. The molecule has 0 saturated carbocycles. The Labute approximate surface area is 199 Å². The Morgan fingerprint density at radius 1 is 1.06 bits per heavy atom. The molecule has 0 spiro atoms. The van der Waals surface area contributed by atoms with Crippen LogP contribution in [0.25, 0.3) is 0 Å². The molecule has 4 heterocycles. The number of hydrogen-bond acceptors (Lipinski definition) is 8. The van der Waals surface area contributed by atoms with Crippen molar-refractivity contribution in [2.75, 3.05) is 26.4 Å². The van der Waals surface area contributed by atoms with E-state index in [1.54, 1.807) is 13.1 Å². The van der Waals surface area contributed by atoms with E-state index in [0.29, 0.717) is 44.6 Å². The minimum atomic E-state index is -0.578. The molecule has 192 valence electrons. The van der Waals surface area contributed by atoms with Gasteiger partial charge >= 0.3 is 5.69 Å². The highest BCUT2D eigenvalue weighted by Gasteiger charge is 2.40. The van der Waals surface area contributed by atoms with E-state index < -0.39 is 11.9 Å². The Morgan fingerprint density at radius 3 is 2.47 bits per heavy atom. The minimum Gasteiger partial charge on any atom is -0.396 e. The maximum Gasteiger partial charge on any atom is 0.333 e. The lowest BCUT2D eigenvalue weighted by Gasteiger charge is -2.29. The van der Waals surface area contributed by atoms with Gasteiger partial charge in [0.25, 0.3) is 5.56 Å². The summed E-state index contributed by atoms with van der Waals surface area (Å²) >= 11 is 0. The summed E-state index contributed by atoms with van der Waals surface area (Å²) in [6.45, 7) is 3.64. The zero-order valence-electron chi connectivity index (χ0n) is 20.1. The van der Waals surface area contributed by atoms with E-state index >= 15 is 0 Å². The monoisotopic (exact) mass is 482 g/mol. The number of rotatable bonds is 10. The SMILES string of the molecule is Cc1cn([C@H]2C[C@H](OC3CCCCO3)[C@@H](COC3CCCCO3)O2)c(=O)n(CCCCO)c1=O. The fourth-order valence-electron chi connectivity index (χ4n) is 4.77. The van der Waals surface area contributed by atoms with E-state index in [0.717, 1.165) is 38.5 Å². The fraction of sp³-hybridized carbons (Fsp3) is 0.833. The van der Waals surface area contributed by atoms with Crippen LogP contribution in [0, 0.1) is 6.92 Å². The number of aliphatic hydroxyl groups is 1. The van der Waals surface area contributed by atoms with Crippen molar-refractivity contribution in [1.29, 1.82) is 0 Å². The van der Waals surface area contributed by atoms with Crippen LogP contribution in [0.15, 0.2) is 15.8 Å². The van der Waals surface area contributed by atoms with Gasteiger partial charge in [-0.2, -0.15) is 0 Å². The third-order valence-electron chi connectivity index (χ3n) is 6.70. The number of ether oxygens (including phenoxy) is 5. The van der Waals surface area contributed by atoms with Crippen LogP contribution in [0.3, 0.4) is 0 Å². The van der Waals surface area contributed by atoms with Crippen molar-refractivity contribution in [3.63, 3.8) is 0 Å². The Hall–Kier alpha value is -1.56. The van der Waals surface area contributed by atoms with Gasteiger partial charge < -0.3 is 28.8 Å². The van der Waals surface area contributed by atoms with E-state index in [1.165, 1.54) is 9.13 Å².